The van der Waals surface area contributed by atoms with Gasteiger partial charge in [0.25, 0.3) is 0 Å². The Labute approximate surface area is 169 Å². The average Bonchev–Trinajstić information content (AvgIpc) is 2.68. The molecule has 4 rings (SSSR count). The van der Waals surface area contributed by atoms with E-state index in [1.165, 1.54) is 0 Å². The van der Waals surface area contributed by atoms with Crippen molar-refractivity contribution >= 4 is 17.4 Å². The Morgan fingerprint density at radius 3 is 2.43 bits per heavy atom. The Balaban J connectivity index is 1.84. The molecule has 1 unspecified atom stereocenters. The molecule has 0 saturated heterocycles. The minimum absolute atomic E-state index is 0.0624. The third kappa shape index (κ3) is 3.32. The molecule has 1 heterocycles. The lowest BCUT2D eigenvalue weighted by Crippen LogP contribution is -2.49. The van der Waals surface area contributed by atoms with Gasteiger partial charge in [-0.25, -0.2) is 0 Å². The lowest BCUT2D eigenvalue weighted by molar-refractivity contribution is -0.0511. The fourth-order valence-corrected chi connectivity index (χ4v) is 3.96. The molecule has 0 amide bonds. The normalized spacial score (nSPS) is 20.1. The summed E-state index contributed by atoms with van der Waals surface area (Å²) in [5.41, 5.74) is 2.09. The van der Waals surface area contributed by atoms with Gasteiger partial charge in [-0.1, -0.05) is 54.1 Å². The summed E-state index contributed by atoms with van der Waals surface area (Å²) in [6.07, 6.45) is -0.791. The summed E-state index contributed by atoms with van der Waals surface area (Å²) in [5.74, 6) is 0.262. The van der Waals surface area contributed by atoms with Crippen molar-refractivity contribution < 1.29 is 14.6 Å². The second-order valence-electron chi connectivity index (χ2n) is 7.63. The Morgan fingerprint density at radius 1 is 0.964 bits per heavy atom. The molecule has 0 aliphatic carbocycles. The van der Waals surface area contributed by atoms with E-state index >= 15 is 0 Å². The summed E-state index contributed by atoms with van der Waals surface area (Å²) in [6.45, 7) is 3.72. The van der Waals surface area contributed by atoms with Crippen molar-refractivity contribution in [2.24, 2.45) is 0 Å². The van der Waals surface area contributed by atoms with Crippen molar-refractivity contribution in [3.05, 3.63) is 100 Å². The highest BCUT2D eigenvalue weighted by atomic mass is 35.5. The number of carbonyl (C=O) groups is 1. The lowest BCUT2D eigenvalue weighted by Gasteiger charge is -2.42. The Kier molecular flexibility index (Phi) is 4.74. The largest absolute Gasteiger partial charge is 0.485 e. The maximum atomic E-state index is 12.9. The van der Waals surface area contributed by atoms with E-state index in [-0.39, 0.29) is 11.7 Å². The number of benzene rings is 3. The average molecular weight is 393 g/mol. The number of halogens is 1. The molecule has 0 saturated carbocycles. The zero-order chi connectivity index (χ0) is 19.9. The Bertz CT molecular complexity index is 1030. The van der Waals surface area contributed by atoms with Crippen molar-refractivity contribution in [1.82, 2.24) is 0 Å². The van der Waals surface area contributed by atoms with E-state index in [2.05, 4.69) is 0 Å². The van der Waals surface area contributed by atoms with Crippen LogP contribution in [0.2, 0.25) is 5.02 Å². The Hall–Kier alpha value is -2.62. The van der Waals surface area contributed by atoms with E-state index in [1.54, 1.807) is 24.3 Å². The van der Waals surface area contributed by atoms with Gasteiger partial charge in [0.2, 0.25) is 0 Å². The number of fused-ring (bicyclic) bond motifs is 1. The van der Waals surface area contributed by atoms with E-state index in [0.717, 1.165) is 11.1 Å². The van der Waals surface area contributed by atoms with Crippen LogP contribution in [0.5, 0.6) is 5.75 Å². The molecule has 28 heavy (non-hydrogen) atoms. The highest BCUT2D eigenvalue weighted by Crippen LogP contribution is 2.45. The molecule has 1 N–H and O–H groups in total. The summed E-state index contributed by atoms with van der Waals surface area (Å²) in [4.78, 5) is 12.9. The van der Waals surface area contributed by atoms with Crippen molar-refractivity contribution in [3.8, 4) is 5.75 Å². The van der Waals surface area contributed by atoms with Gasteiger partial charge >= 0.3 is 0 Å². The third-order valence-corrected chi connectivity index (χ3v) is 5.49. The minimum Gasteiger partial charge on any atom is -0.485 e. The van der Waals surface area contributed by atoms with Crippen LogP contribution in [0.1, 0.15) is 46.8 Å². The van der Waals surface area contributed by atoms with Crippen molar-refractivity contribution in [3.63, 3.8) is 0 Å². The molecule has 3 nitrogen and oxygen atoms in total. The van der Waals surface area contributed by atoms with Crippen LogP contribution in [-0.4, -0.2) is 22.6 Å². The molecular formula is C24H21ClO3. The summed E-state index contributed by atoms with van der Waals surface area (Å²) in [7, 11) is 0. The number of carbonyl (C=O) groups excluding carboxylic acids is 1. The quantitative estimate of drug-likeness (QED) is 0.620. The number of rotatable bonds is 3. The molecule has 0 bridgehead atoms. The maximum Gasteiger partial charge on any atom is 0.193 e. The molecule has 4 heteroatoms. The standard InChI is InChI=1S/C24H21ClO3/c1-24(2)23(27)21(16-9-6-10-18(25)13-16)19-14-17(11-12-20(19)28-24)22(26)15-7-4-3-5-8-15/h3-14,21,23,27H,1-2H3/t21?,23-/m0/s1. The van der Waals surface area contributed by atoms with E-state index in [4.69, 9.17) is 16.3 Å². The first-order chi connectivity index (χ1) is 13.4. The van der Waals surface area contributed by atoms with Crippen LogP contribution >= 0.6 is 11.6 Å². The Morgan fingerprint density at radius 2 is 1.71 bits per heavy atom. The number of ketones is 1. The number of aliphatic hydroxyl groups excluding tert-OH is 1. The van der Waals surface area contributed by atoms with Crippen LogP contribution in [0.25, 0.3) is 0 Å². The summed E-state index contributed by atoms with van der Waals surface area (Å²) < 4.78 is 6.06. The summed E-state index contributed by atoms with van der Waals surface area (Å²) >= 11 is 6.20. The van der Waals surface area contributed by atoms with Gasteiger partial charge in [0, 0.05) is 27.6 Å². The maximum absolute atomic E-state index is 12.9. The third-order valence-electron chi connectivity index (χ3n) is 5.25. The highest BCUT2D eigenvalue weighted by Gasteiger charge is 2.43. The molecule has 0 fully saturated rings. The first-order valence-electron chi connectivity index (χ1n) is 9.23. The van der Waals surface area contributed by atoms with Crippen LogP contribution in [0, 0.1) is 0 Å². The number of aliphatic hydroxyl groups is 1. The second kappa shape index (κ2) is 7.08. The first-order valence-corrected chi connectivity index (χ1v) is 9.61. The molecular weight excluding hydrogens is 372 g/mol. The molecule has 0 spiro atoms. The van der Waals surface area contributed by atoms with E-state index < -0.39 is 11.7 Å². The first kappa shape index (κ1) is 18.7. The van der Waals surface area contributed by atoms with E-state index in [1.807, 2.05) is 62.4 Å². The van der Waals surface area contributed by atoms with Gasteiger partial charge in [0.15, 0.2) is 5.78 Å². The number of hydrogen-bond acceptors (Lipinski definition) is 3. The van der Waals surface area contributed by atoms with Gasteiger partial charge in [0.05, 0.1) is 0 Å². The number of ether oxygens (including phenoxy) is 1. The second-order valence-corrected chi connectivity index (χ2v) is 8.07. The van der Waals surface area contributed by atoms with Crippen molar-refractivity contribution in [2.75, 3.05) is 0 Å². The fourth-order valence-electron chi connectivity index (χ4n) is 3.76. The van der Waals surface area contributed by atoms with Crippen LogP contribution in [0.4, 0.5) is 0 Å². The molecule has 1 aliphatic heterocycles. The van der Waals surface area contributed by atoms with Gasteiger partial charge in [0.1, 0.15) is 17.5 Å². The van der Waals surface area contributed by atoms with E-state index in [0.29, 0.717) is 21.9 Å². The van der Waals surface area contributed by atoms with Crippen molar-refractivity contribution in [2.45, 2.75) is 31.5 Å². The zero-order valence-electron chi connectivity index (χ0n) is 15.7. The minimum atomic E-state index is -0.791. The van der Waals surface area contributed by atoms with Crippen molar-refractivity contribution in [1.29, 1.82) is 0 Å². The molecule has 3 aromatic carbocycles. The van der Waals surface area contributed by atoms with E-state index in [9.17, 15) is 9.90 Å². The van der Waals surface area contributed by atoms with Crippen LogP contribution in [0.3, 0.4) is 0 Å². The van der Waals surface area contributed by atoms with Gasteiger partial charge in [-0.3, -0.25) is 4.79 Å². The van der Waals surface area contributed by atoms with Crippen LogP contribution in [-0.2, 0) is 0 Å². The molecule has 2 atom stereocenters. The fraction of sp³-hybridized carbons (Fsp3) is 0.208. The van der Waals surface area contributed by atoms with Crippen LogP contribution < -0.4 is 4.74 Å². The topological polar surface area (TPSA) is 46.5 Å². The SMILES string of the molecule is CC1(C)Oc2ccc(C(=O)c3ccccc3)cc2C(c2cccc(Cl)c2)[C@@H]1O. The molecule has 3 aromatic rings. The van der Waals surface area contributed by atoms with Crippen LogP contribution in [0.15, 0.2) is 72.8 Å². The highest BCUT2D eigenvalue weighted by molar-refractivity contribution is 6.30. The molecule has 142 valence electrons. The molecule has 0 aromatic heterocycles. The zero-order valence-corrected chi connectivity index (χ0v) is 16.5. The summed E-state index contributed by atoms with van der Waals surface area (Å²) in [5, 5.41) is 11.7. The smallest absolute Gasteiger partial charge is 0.193 e. The molecule has 0 radical (unpaired) electrons. The lowest BCUT2D eigenvalue weighted by atomic mass is 9.77. The molecule has 1 aliphatic rings. The van der Waals surface area contributed by atoms with Gasteiger partial charge in [-0.05, 0) is 49.7 Å². The van der Waals surface area contributed by atoms with Gasteiger partial charge in [-0.2, -0.15) is 0 Å². The summed E-state index contributed by atoms with van der Waals surface area (Å²) in [6, 6.07) is 22.0. The number of hydrogen-bond donors (Lipinski definition) is 1. The predicted molar refractivity (Wildman–Crippen MR) is 110 cm³/mol. The van der Waals surface area contributed by atoms with Gasteiger partial charge in [-0.15, -0.1) is 0 Å². The van der Waals surface area contributed by atoms with Gasteiger partial charge < -0.3 is 9.84 Å². The predicted octanol–water partition coefficient (Wildman–Crippen LogP) is 5.23. The monoisotopic (exact) mass is 392 g/mol.